The number of nitrogens with one attached hydrogen (secondary N) is 1. The van der Waals surface area contributed by atoms with Crippen molar-refractivity contribution < 1.29 is 22.7 Å². The Morgan fingerprint density at radius 2 is 1.97 bits per heavy atom. The van der Waals surface area contributed by atoms with Gasteiger partial charge in [-0.2, -0.15) is 13.1 Å². The monoisotopic (exact) mass is 448 g/mol. The number of ether oxygens (including phenoxy) is 2. The number of carbonyl (C=O) groups excluding carboxylic acids is 1. The Morgan fingerprint density at radius 3 is 2.73 bits per heavy atom. The van der Waals surface area contributed by atoms with Crippen LogP contribution in [0.5, 0.6) is 11.5 Å². The Hall–Kier alpha value is -2.76. The third-order valence-electron chi connectivity index (χ3n) is 4.99. The zero-order valence-electron chi connectivity index (χ0n) is 16.4. The highest BCUT2D eigenvalue weighted by atomic mass is 32.2. The molecule has 0 radical (unpaired) electrons. The van der Waals surface area contributed by atoms with Gasteiger partial charge in [0, 0.05) is 18.3 Å². The number of anilines is 1. The minimum atomic E-state index is -3.91. The Labute approximate surface area is 178 Å². The molecule has 1 saturated heterocycles. The first-order valence-electron chi connectivity index (χ1n) is 9.21. The van der Waals surface area contributed by atoms with Gasteiger partial charge < -0.3 is 14.8 Å². The van der Waals surface area contributed by atoms with Crippen LogP contribution in [0.25, 0.3) is 11.0 Å². The Morgan fingerprint density at radius 1 is 1.17 bits per heavy atom. The second-order valence-corrected chi connectivity index (χ2v) is 9.11. The fourth-order valence-electron chi connectivity index (χ4n) is 3.55. The van der Waals surface area contributed by atoms with Crippen LogP contribution in [0.15, 0.2) is 41.3 Å². The summed E-state index contributed by atoms with van der Waals surface area (Å²) >= 11 is 0.957. The number of fused-ring (bicyclic) bond motifs is 1. The maximum Gasteiger partial charge on any atom is 0.246 e. The number of amides is 1. The highest BCUT2D eigenvalue weighted by molar-refractivity contribution is 7.89. The van der Waals surface area contributed by atoms with Crippen molar-refractivity contribution in [1.29, 1.82) is 0 Å². The quantitative estimate of drug-likeness (QED) is 0.617. The summed E-state index contributed by atoms with van der Waals surface area (Å²) in [6, 6.07) is 9.01. The summed E-state index contributed by atoms with van der Waals surface area (Å²) in [6.07, 6.45) is 1.03. The number of nitrogens with zero attached hydrogens (tertiary/aromatic N) is 3. The molecule has 9 nitrogen and oxygen atoms in total. The molecule has 2 aromatic carbocycles. The van der Waals surface area contributed by atoms with Gasteiger partial charge in [0.05, 0.1) is 25.9 Å². The average Bonchev–Trinajstić information content (AvgIpc) is 3.43. The molecular formula is C19H20N4O5S2. The molecule has 11 heteroatoms. The van der Waals surface area contributed by atoms with Gasteiger partial charge in [-0.15, -0.1) is 0 Å². The van der Waals surface area contributed by atoms with Crippen LogP contribution >= 0.6 is 11.7 Å². The lowest BCUT2D eigenvalue weighted by Gasteiger charge is -2.23. The molecule has 0 bridgehead atoms. The standard InChI is InChI=1S/C19H20N4O5S2/c1-27-15-9-8-12(11-16(15)28-2)20-19(24)14-6-4-10-23(14)30(25,26)17-7-3-5-13-18(17)22-29-21-13/h3,5,7-9,11,14H,4,6,10H2,1-2H3,(H,20,24)/t14-/m1/s1. The van der Waals surface area contributed by atoms with Gasteiger partial charge in [0.15, 0.2) is 11.5 Å². The molecule has 3 aromatic rings. The molecule has 1 aromatic heterocycles. The van der Waals surface area contributed by atoms with Gasteiger partial charge in [-0.1, -0.05) is 6.07 Å². The minimum Gasteiger partial charge on any atom is -0.493 e. The maximum absolute atomic E-state index is 13.3. The normalized spacial score (nSPS) is 17.2. The molecule has 1 N–H and O–H groups in total. The van der Waals surface area contributed by atoms with E-state index in [-0.39, 0.29) is 11.4 Å². The fraction of sp³-hybridized carbons (Fsp3) is 0.316. The van der Waals surface area contributed by atoms with Crippen LogP contribution in [-0.4, -0.2) is 54.2 Å². The van der Waals surface area contributed by atoms with Crippen molar-refractivity contribution in [3.05, 3.63) is 36.4 Å². The molecule has 0 aliphatic carbocycles. The lowest BCUT2D eigenvalue weighted by atomic mass is 10.2. The first-order valence-corrected chi connectivity index (χ1v) is 11.4. The molecule has 1 fully saturated rings. The van der Waals surface area contributed by atoms with Crippen LogP contribution in [0.4, 0.5) is 5.69 Å². The number of benzene rings is 2. The smallest absolute Gasteiger partial charge is 0.246 e. The lowest BCUT2D eigenvalue weighted by molar-refractivity contribution is -0.119. The van der Waals surface area contributed by atoms with E-state index < -0.39 is 22.0 Å². The average molecular weight is 449 g/mol. The van der Waals surface area contributed by atoms with Gasteiger partial charge in [0.1, 0.15) is 22.0 Å². The number of methoxy groups -OCH3 is 2. The molecule has 1 aliphatic rings. The number of carbonyl (C=O) groups is 1. The molecule has 2 heterocycles. The van der Waals surface area contributed by atoms with E-state index in [1.807, 2.05) is 0 Å². The first kappa shape index (κ1) is 20.5. The second kappa shape index (κ2) is 8.17. The summed E-state index contributed by atoms with van der Waals surface area (Å²) in [4.78, 5) is 13.0. The van der Waals surface area contributed by atoms with Crippen molar-refractivity contribution in [1.82, 2.24) is 13.1 Å². The van der Waals surface area contributed by atoms with Crippen molar-refractivity contribution in [2.24, 2.45) is 0 Å². The van der Waals surface area contributed by atoms with E-state index in [4.69, 9.17) is 9.47 Å². The van der Waals surface area contributed by atoms with E-state index in [0.29, 0.717) is 41.1 Å². The molecule has 0 unspecified atom stereocenters. The van der Waals surface area contributed by atoms with Crippen LogP contribution in [-0.2, 0) is 14.8 Å². The van der Waals surface area contributed by atoms with Gasteiger partial charge in [-0.3, -0.25) is 4.79 Å². The van der Waals surface area contributed by atoms with E-state index in [0.717, 1.165) is 11.7 Å². The molecule has 1 aliphatic heterocycles. The predicted octanol–water partition coefficient (Wildman–Crippen LogP) is 2.50. The maximum atomic E-state index is 13.3. The van der Waals surface area contributed by atoms with Crippen molar-refractivity contribution in [3.63, 3.8) is 0 Å². The number of sulfonamides is 1. The third-order valence-corrected chi connectivity index (χ3v) is 7.48. The van der Waals surface area contributed by atoms with Crippen molar-refractivity contribution in [2.45, 2.75) is 23.8 Å². The molecule has 1 atom stereocenters. The van der Waals surface area contributed by atoms with Crippen molar-refractivity contribution in [3.8, 4) is 11.5 Å². The summed E-state index contributed by atoms with van der Waals surface area (Å²) in [5, 5.41) is 2.79. The molecule has 0 saturated carbocycles. The molecular weight excluding hydrogens is 428 g/mol. The van der Waals surface area contributed by atoms with E-state index >= 15 is 0 Å². The van der Waals surface area contributed by atoms with E-state index in [1.54, 1.807) is 30.3 Å². The van der Waals surface area contributed by atoms with E-state index in [2.05, 4.69) is 14.1 Å². The predicted molar refractivity (Wildman–Crippen MR) is 113 cm³/mol. The molecule has 4 rings (SSSR count). The molecule has 30 heavy (non-hydrogen) atoms. The summed E-state index contributed by atoms with van der Waals surface area (Å²) in [6.45, 7) is 0.264. The summed E-state index contributed by atoms with van der Waals surface area (Å²) < 4.78 is 46.6. The SMILES string of the molecule is COc1ccc(NC(=O)[C@H]2CCCN2S(=O)(=O)c2cccc3nsnc23)cc1OC. The van der Waals surface area contributed by atoms with E-state index in [9.17, 15) is 13.2 Å². The van der Waals surface area contributed by atoms with Crippen molar-refractivity contribution >= 4 is 44.4 Å². The molecule has 158 valence electrons. The largest absolute Gasteiger partial charge is 0.493 e. The lowest BCUT2D eigenvalue weighted by Crippen LogP contribution is -2.43. The number of hydrogen-bond acceptors (Lipinski definition) is 8. The van der Waals surface area contributed by atoms with Crippen LogP contribution in [0.3, 0.4) is 0 Å². The van der Waals surface area contributed by atoms with Gasteiger partial charge in [0.2, 0.25) is 15.9 Å². The highest BCUT2D eigenvalue weighted by Crippen LogP contribution is 2.32. The third kappa shape index (κ3) is 3.59. The number of aromatic nitrogens is 2. The second-order valence-electron chi connectivity index (χ2n) is 6.72. The number of hydrogen-bond donors (Lipinski definition) is 1. The Kier molecular flexibility index (Phi) is 5.58. The highest BCUT2D eigenvalue weighted by Gasteiger charge is 2.40. The minimum absolute atomic E-state index is 0.0690. The van der Waals surface area contributed by atoms with Crippen LogP contribution in [0.1, 0.15) is 12.8 Å². The summed E-state index contributed by atoms with van der Waals surface area (Å²) in [5.41, 5.74) is 1.34. The summed E-state index contributed by atoms with van der Waals surface area (Å²) in [5.74, 6) is 0.603. The topological polar surface area (TPSA) is 111 Å². The van der Waals surface area contributed by atoms with Gasteiger partial charge in [-0.25, -0.2) is 8.42 Å². The first-order chi connectivity index (χ1) is 14.5. The van der Waals surface area contributed by atoms with Crippen molar-refractivity contribution in [2.75, 3.05) is 26.1 Å². The summed E-state index contributed by atoms with van der Waals surface area (Å²) in [7, 11) is -0.887. The van der Waals surface area contributed by atoms with Gasteiger partial charge in [0.25, 0.3) is 0 Å². The van der Waals surface area contributed by atoms with Crippen LogP contribution in [0.2, 0.25) is 0 Å². The Balaban J connectivity index is 1.60. The van der Waals surface area contributed by atoms with Crippen LogP contribution < -0.4 is 14.8 Å². The van der Waals surface area contributed by atoms with Gasteiger partial charge >= 0.3 is 0 Å². The van der Waals surface area contributed by atoms with E-state index in [1.165, 1.54) is 24.6 Å². The Bertz CT molecular complexity index is 1190. The molecule has 0 spiro atoms. The fourth-order valence-corrected chi connectivity index (χ4v) is 5.96. The zero-order chi connectivity index (χ0) is 21.3. The zero-order valence-corrected chi connectivity index (χ0v) is 18.0. The molecule has 1 amide bonds. The van der Waals surface area contributed by atoms with Crippen LogP contribution in [0, 0.1) is 0 Å². The number of rotatable bonds is 6. The van der Waals surface area contributed by atoms with Gasteiger partial charge in [-0.05, 0) is 37.1 Å².